The molecule has 0 aromatic carbocycles. The van der Waals surface area contributed by atoms with E-state index in [0.29, 0.717) is 12.8 Å². The third-order valence-electron chi connectivity index (χ3n) is 1.83. The third kappa shape index (κ3) is 9.90. The molecule has 1 aromatic heterocycles. The van der Waals surface area contributed by atoms with Crippen molar-refractivity contribution < 1.29 is 6.22 Å². The van der Waals surface area contributed by atoms with Crippen molar-refractivity contribution in [1.82, 2.24) is 9.97 Å². The number of aromatic nitrogens is 2. The van der Waals surface area contributed by atoms with Crippen LogP contribution in [-0.2, 0) is 11.2 Å². The van der Waals surface area contributed by atoms with Crippen LogP contribution in [0.4, 0.5) is 0 Å². The smallest absolute Gasteiger partial charge is 0.149 e. The summed E-state index contributed by atoms with van der Waals surface area (Å²) in [4.78, 5) is 18.8. The third-order valence-corrected chi connectivity index (χ3v) is 1.83. The molecule has 1 heterocycles. The predicted octanol–water partition coefficient (Wildman–Crippen LogP) is 3.01. The Balaban J connectivity index is -0.000000376. The van der Waals surface area contributed by atoms with Gasteiger partial charge in [0.2, 0.25) is 0 Å². The lowest BCUT2D eigenvalue weighted by Gasteiger charge is -2.07. The molecule has 0 saturated heterocycles. The molecule has 0 aliphatic rings. The number of nitrogens with zero attached hydrogens (tertiary/aromatic N) is 2. The minimum Gasteiger partial charge on any atom is -0.321 e. The second-order valence-corrected chi connectivity index (χ2v) is 3.58. The zero-order chi connectivity index (χ0) is 14.4. The molecule has 0 saturated carbocycles. The number of rotatable bonds is 4. The van der Waals surface area contributed by atoms with Crippen molar-refractivity contribution in [3.05, 3.63) is 24.3 Å². The summed E-state index contributed by atoms with van der Waals surface area (Å²) in [6, 6.07) is -0.420. The van der Waals surface area contributed by atoms with Crippen molar-refractivity contribution in [2.75, 3.05) is 0 Å². The Morgan fingerprint density at radius 1 is 1.28 bits per heavy atom. The van der Waals surface area contributed by atoms with E-state index in [1.807, 2.05) is 20.8 Å². The Morgan fingerprint density at radius 3 is 2.11 bits per heavy atom. The van der Waals surface area contributed by atoms with Gasteiger partial charge in [-0.15, -0.1) is 0 Å². The van der Waals surface area contributed by atoms with Gasteiger partial charge in [-0.1, -0.05) is 41.0 Å². The van der Waals surface area contributed by atoms with Gasteiger partial charge in [-0.3, -0.25) is 4.79 Å². The summed E-state index contributed by atoms with van der Waals surface area (Å²) in [5, 5.41) is 0. The highest BCUT2D eigenvalue weighted by Gasteiger charge is 2.11. The van der Waals surface area contributed by atoms with Gasteiger partial charge in [0.15, 0.2) is 0 Å². The molecule has 0 fully saturated rings. The monoisotopic (exact) mass is 255 g/mol. The normalized spacial score (nSPS) is 10.3. The summed E-state index contributed by atoms with van der Waals surface area (Å²) in [6.45, 7) is 10.1. The van der Waals surface area contributed by atoms with Crippen LogP contribution < -0.4 is 5.73 Å². The van der Waals surface area contributed by atoms with Crippen LogP contribution in [0, 0.1) is 0 Å². The van der Waals surface area contributed by atoms with Crippen LogP contribution in [0.1, 0.15) is 54.5 Å². The standard InChI is InChI=1S/C9H13N3O.C3H8.C2H6.H2/c1-2-9(13)8(10)3-7-4-11-6-12-5-7;1-3-2;1-2;/h4-6,8H,2-3,10H2,1H3;3H2,1-2H3;1-2H3;1H/t8-;;;/m0.../s1. The van der Waals surface area contributed by atoms with Crippen LogP contribution in [0.15, 0.2) is 18.7 Å². The fourth-order valence-corrected chi connectivity index (χ4v) is 1.07. The van der Waals surface area contributed by atoms with Crippen LogP contribution in [0.2, 0.25) is 0 Å². The van der Waals surface area contributed by atoms with E-state index < -0.39 is 6.04 Å². The lowest BCUT2D eigenvalue weighted by atomic mass is 10.0. The number of hydrogen-bond donors (Lipinski definition) is 1. The molecule has 0 amide bonds. The van der Waals surface area contributed by atoms with Gasteiger partial charge in [-0.25, -0.2) is 9.97 Å². The van der Waals surface area contributed by atoms with Crippen molar-refractivity contribution in [3.63, 3.8) is 0 Å². The molecule has 1 atom stereocenters. The van der Waals surface area contributed by atoms with Crippen molar-refractivity contribution in [2.45, 2.75) is 59.9 Å². The second kappa shape index (κ2) is 13.8. The summed E-state index contributed by atoms with van der Waals surface area (Å²) in [5.41, 5.74) is 6.55. The molecule has 4 nitrogen and oxygen atoms in total. The molecule has 1 aromatic rings. The lowest BCUT2D eigenvalue weighted by Crippen LogP contribution is -2.32. The van der Waals surface area contributed by atoms with Gasteiger partial charge in [-0.05, 0) is 12.0 Å². The summed E-state index contributed by atoms with van der Waals surface area (Å²) in [5.74, 6) is 0.0730. The lowest BCUT2D eigenvalue weighted by molar-refractivity contribution is -0.119. The van der Waals surface area contributed by atoms with Crippen molar-refractivity contribution in [2.24, 2.45) is 5.73 Å². The highest BCUT2D eigenvalue weighted by molar-refractivity contribution is 5.83. The number of carbonyl (C=O) groups excluding carboxylic acids is 1. The zero-order valence-corrected chi connectivity index (χ0v) is 12.3. The van der Waals surface area contributed by atoms with Gasteiger partial charge < -0.3 is 5.73 Å². The minimum absolute atomic E-state index is 0. The van der Waals surface area contributed by atoms with Gasteiger partial charge >= 0.3 is 0 Å². The van der Waals surface area contributed by atoms with Gasteiger partial charge in [0, 0.05) is 20.2 Å². The van der Waals surface area contributed by atoms with E-state index in [-0.39, 0.29) is 7.21 Å². The highest BCUT2D eigenvalue weighted by atomic mass is 16.1. The first-order valence-electron chi connectivity index (χ1n) is 6.67. The average Bonchev–Trinajstić information content (AvgIpc) is 2.42. The average molecular weight is 255 g/mol. The maximum absolute atomic E-state index is 11.2. The molecule has 0 unspecified atom stereocenters. The van der Waals surface area contributed by atoms with Gasteiger partial charge in [0.1, 0.15) is 12.1 Å². The number of carbonyl (C=O) groups is 1. The Bertz CT molecular complexity index is 294. The van der Waals surface area contributed by atoms with E-state index in [0.717, 1.165) is 5.56 Å². The molecule has 18 heavy (non-hydrogen) atoms. The van der Waals surface area contributed by atoms with E-state index >= 15 is 0 Å². The van der Waals surface area contributed by atoms with Gasteiger partial charge in [0.05, 0.1) is 6.04 Å². The Labute approximate surface area is 113 Å². The van der Waals surface area contributed by atoms with Crippen molar-refractivity contribution in [1.29, 1.82) is 0 Å². The molecule has 106 valence electrons. The van der Waals surface area contributed by atoms with Crippen LogP contribution >= 0.6 is 0 Å². The number of hydrogen-bond acceptors (Lipinski definition) is 4. The van der Waals surface area contributed by atoms with Crippen LogP contribution in [-0.4, -0.2) is 21.8 Å². The van der Waals surface area contributed by atoms with Crippen molar-refractivity contribution >= 4 is 5.78 Å². The first-order chi connectivity index (χ1) is 8.65. The fraction of sp³-hybridized carbons (Fsp3) is 0.643. The Morgan fingerprint density at radius 2 is 1.72 bits per heavy atom. The Hall–Kier alpha value is -1.29. The van der Waals surface area contributed by atoms with Gasteiger partial charge in [-0.2, -0.15) is 0 Å². The second-order valence-electron chi connectivity index (χ2n) is 3.58. The summed E-state index contributed by atoms with van der Waals surface area (Å²) < 4.78 is 0. The quantitative estimate of drug-likeness (QED) is 0.898. The van der Waals surface area contributed by atoms with Gasteiger partial charge in [0.25, 0.3) is 0 Å². The predicted molar refractivity (Wildman–Crippen MR) is 78.4 cm³/mol. The molecule has 4 heteroatoms. The number of Topliss-reactive ketones (excluding diaryl/α,β-unsaturated/α-hetero) is 1. The summed E-state index contributed by atoms with van der Waals surface area (Å²) in [7, 11) is 0. The Kier molecular flexibility index (Phi) is 14.6. The maximum atomic E-state index is 11.2. The number of nitrogens with two attached hydrogens (primary N) is 1. The molecule has 1 rings (SSSR count). The molecular weight excluding hydrogens is 226 g/mol. The fourth-order valence-electron chi connectivity index (χ4n) is 1.07. The largest absolute Gasteiger partial charge is 0.321 e. The SMILES string of the molecule is CC.CCC.CCC(=O)[C@@H](N)Cc1cncnc1.[HH]. The van der Waals surface area contributed by atoms with E-state index in [4.69, 9.17) is 5.73 Å². The first kappa shape index (κ1) is 19.1. The van der Waals surface area contributed by atoms with Crippen LogP contribution in [0.3, 0.4) is 0 Å². The molecule has 0 bridgehead atoms. The summed E-state index contributed by atoms with van der Waals surface area (Å²) in [6.07, 6.45) is 7.06. The van der Waals surface area contributed by atoms with E-state index in [9.17, 15) is 4.79 Å². The topological polar surface area (TPSA) is 68.9 Å². The van der Waals surface area contributed by atoms with E-state index in [1.54, 1.807) is 12.4 Å². The first-order valence-corrected chi connectivity index (χ1v) is 6.67. The minimum atomic E-state index is -0.420. The number of ketones is 1. The van der Waals surface area contributed by atoms with Crippen LogP contribution in [0.25, 0.3) is 0 Å². The zero-order valence-electron chi connectivity index (χ0n) is 12.3. The molecule has 2 N–H and O–H groups in total. The molecular formula is C14H29N3O. The molecule has 0 radical (unpaired) electrons. The molecule has 0 aliphatic carbocycles. The molecule has 0 aliphatic heterocycles. The van der Waals surface area contributed by atoms with E-state index in [1.165, 1.54) is 12.7 Å². The summed E-state index contributed by atoms with van der Waals surface area (Å²) >= 11 is 0. The van der Waals surface area contributed by atoms with Crippen molar-refractivity contribution in [3.8, 4) is 0 Å². The maximum Gasteiger partial charge on any atom is 0.149 e. The van der Waals surface area contributed by atoms with Crippen LogP contribution in [0.5, 0.6) is 0 Å². The highest BCUT2D eigenvalue weighted by Crippen LogP contribution is 2.00. The molecule has 0 spiro atoms. The van der Waals surface area contributed by atoms with E-state index in [2.05, 4.69) is 23.8 Å².